The number of halogens is 1. The van der Waals surface area contributed by atoms with Crippen molar-refractivity contribution in [1.29, 1.82) is 5.26 Å². The standard InChI is InChI=1S/C16H19ClN2O2/c1-16(2,3)21-15(20)19-13-6-11(7-13)14-8-12(17)5-4-10(14)9-18/h4-5,8,11,13H,6-7H2,1-3H3,(H,19,20)/t11-,13+. The highest BCUT2D eigenvalue weighted by Crippen LogP contribution is 2.39. The van der Waals surface area contributed by atoms with Crippen LogP contribution in [0, 0.1) is 11.3 Å². The number of alkyl carbamates (subject to hydrolysis) is 1. The molecule has 2 rings (SSSR count). The Morgan fingerprint density at radius 3 is 2.67 bits per heavy atom. The van der Waals surface area contributed by atoms with Gasteiger partial charge in [0.2, 0.25) is 0 Å². The Morgan fingerprint density at radius 2 is 2.10 bits per heavy atom. The summed E-state index contributed by atoms with van der Waals surface area (Å²) >= 11 is 5.99. The number of hydrogen-bond donors (Lipinski definition) is 1. The van der Waals surface area contributed by atoms with Crippen LogP contribution in [0.1, 0.15) is 50.7 Å². The fourth-order valence-electron chi connectivity index (χ4n) is 2.44. The molecule has 0 radical (unpaired) electrons. The summed E-state index contributed by atoms with van der Waals surface area (Å²) in [7, 11) is 0. The van der Waals surface area contributed by atoms with Crippen molar-refractivity contribution >= 4 is 17.7 Å². The van der Waals surface area contributed by atoms with E-state index in [1.807, 2.05) is 26.8 Å². The minimum atomic E-state index is -0.492. The predicted octanol–water partition coefficient (Wildman–Crippen LogP) is 3.98. The number of hydrogen-bond acceptors (Lipinski definition) is 3. The first-order chi connectivity index (χ1) is 9.78. The first-order valence-corrected chi connectivity index (χ1v) is 7.35. The van der Waals surface area contributed by atoms with Crippen molar-refractivity contribution in [3.8, 4) is 6.07 Å². The second-order valence-electron chi connectivity index (χ2n) is 6.35. The van der Waals surface area contributed by atoms with Gasteiger partial charge in [-0.05, 0) is 63.3 Å². The van der Waals surface area contributed by atoms with Gasteiger partial charge in [-0.15, -0.1) is 0 Å². The summed E-state index contributed by atoms with van der Waals surface area (Å²) in [6, 6.07) is 7.59. The Kier molecular flexibility index (Phi) is 4.43. The molecule has 1 N–H and O–H groups in total. The van der Waals surface area contributed by atoms with E-state index in [1.54, 1.807) is 12.1 Å². The summed E-state index contributed by atoms with van der Waals surface area (Å²) in [5.74, 6) is 0.262. The SMILES string of the molecule is CC(C)(C)OC(=O)N[C@H]1C[C@@H](c2cc(Cl)ccc2C#N)C1. The third kappa shape index (κ3) is 4.12. The van der Waals surface area contributed by atoms with Crippen LogP contribution < -0.4 is 5.32 Å². The van der Waals surface area contributed by atoms with E-state index in [2.05, 4.69) is 11.4 Å². The lowest BCUT2D eigenvalue weighted by Crippen LogP contribution is -2.45. The molecule has 0 bridgehead atoms. The van der Waals surface area contributed by atoms with Crippen LogP contribution in [0.2, 0.25) is 5.02 Å². The molecule has 1 aliphatic rings. The molecule has 0 unspecified atom stereocenters. The van der Waals surface area contributed by atoms with Gasteiger partial charge in [-0.2, -0.15) is 5.26 Å². The Morgan fingerprint density at radius 1 is 1.43 bits per heavy atom. The van der Waals surface area contributed by atoms with Crippen LogP contribution in [0.15, 0.2) is 18.2 Å². The van der Waals surface area contributed by atoms with Gasteiger partial charge in [0.15, 0.2) is 0 Å². The van der Waals surface area contributed by atoms with E-state index >= 15 is 0 Å². The quantitative estimate of drug-likeness (QED) is 0.899. The fraction of sp³-hybridized carbons (Fsp3) is 0.500. The third-order valence-electron chi connectivity index (χ3n) is 3.43. The first kappa shape index (κ1) is 15.7. The lowest BCUT2D eigenvalue weighted by molar-refractivity contribution is 0.0471. The van der Waals surface area contributed by atoms with Gasteiger partial charge in [0.1, 0.15) is 5.60 Å². The van der Waals surface area contributed by atoms with E-state index in [1.165, 1.54) is 0 Å². The number of carbonyl (C=O) groups is 1. The highest BCUT2D eigenvalue weighted by molar-refractivity contribution is 6.30. The number of rotatable bonds is 2. The van der Waals surface area contributed by atoms with Crippen LogP contribution in [0.25, 0.3) is 0 Å². The smallest absolute Gasteiger partial charge is 0.407 e. The molecule has 1 saturated carbocycles. The van der Waals surface area contributed by atoms with Crippen LogP contribution in [0.4, 0.5) is 4.79 Å². The van der Waals surface area contributed by atoms with E-state index < -0.39 is 11.7 Å². The monoisotopic (exact) mass is 306 g/mol. The molecular formula is C16H19ClN2O2. The number of ether oxygens (including phenoxy) is 1. The van der Waals surface area contributed by atoms with Crippen LogP contribution in [-0.4, -0.2) is 17.7 Å². The van der Waals surface area contributed by atoms with Crippen molar-refractivity contribution in [3.05, 3.63) is 34.3 Å². The molecule has 0 atom stereocenters. The van der Waals surface area contributed by atoms with E-state index in [9.17, 15) is 4.79 Å². The topological polar surface area (TPSA) is 62.1 Å². The highest BCUT2D eigenvalue weighted by atomic mass is 35.5. The minimum absolute atomic E-state index is 0.0929. The van der Waals surface area contributed by atoms with Gasteiger partial charge in [-0.3, -0.25) is 0 Å². The zero-order valence-electron chi connectivity index (χ0n) is 12.4. The summed E-state index contributed by atoms with van der Waals surface area (Å²) in [5, 5.41) is 12.6. The van der Waals surface area contributed by atoms with E-state index in [4.69, 9.17) is 21.6 Å². The molecule has 0 heterocycles. The first-order valence-electron chi connectivity index (χ1n) is 6.97. The molecule has 21 heavy (non-hydrogen) atoms. The summed E-state index contributed by atoms with van der Waals surface area (Å²) in [6.45, 7) is 5.50. The normalized spacial score (nSPS) is 21.1. The molecule has 5 heteroatoms. The van der Waals surface area contributed by atoms with Gasteiger partial charge < -0.3 is 10.1 Å². The maximum absolute atomic E-state index is 11.7. The molecule has 0 saturated heterocycles. The summed E-state index contributed by atoms with van der Waals surface area (Å²) in [5.41, 5.74) is 1.13. The molecule has 112 valence electrons. The zero-order chi connectivity index (χ0) is 15.6. The number of carbonyl (C=O) groups excluding carboxylic acids is 1. The van der Waals surface area contributed by atoms with E-state index in [0.29, 0.717) is 10.6 Å². The van der Waals surface area contributed by atoms with Crippen LogP contribution in [-0.2, 0) is 4.74 Å². The molecule has 1 aromatic rings. The van der Waals surface area contributed by atoms with Gasteiger partial charge in [0, 0.05) is 11.1 Å². The Hall–Kier alpha value is -1.73. The van der Waals surface area contributed by atoms with Crippen LogP contribution in [0.5, 0.6) is 0 Å². The van der Waals surface area contributed by atoms with Gasteiger partial charge in [0.25, 0.3) is 0 Å². The van der Waals surface area contributed by atoms with Crippen molar-refractivity contribution < 1.29 is 9.53 Å². The highest BCUT2D eigenvalue weighted by Gasteiger charge is 2.33. The largest absolute Gasteiger partial charge is 0.444 e. The molecular weight excluding hydrogens is 288 g/mol. The number of nitriles is 1. The molecule has 0 spiro atoms. The average Bonchev–Trinajstić information content (AvgIpc) is 2.31. The lowest BCUT2D eigenvalue weighted by atomic mass is 9.74. The second-order valence-corrected chi connectivity index (χ2v) is 6.79. The Balaban J connectivity index is 1.91. The van der Waals surface area contributed by atoms with Crippen molar-refractivity contribution in [2.75, 3.05) is 0 Å². The number of amides is 1. The summed E-state index contributed by atoms with van der Waals surface area (Å²) < 4.78 is 5.23. The van der Waals surface area contributed by atoms with Gasteiger partial charge >= 0.3 is 6.09 Å². The van der Waals surface area contributed by atoms with Crippen molar-refractivity contribution in [3.63, 3.8) is 0 Å². The number of benzene rings is 1. The van der Waals surface area contributed by atoms with Crippen molar-refractivity contribution in [2.24, 2.45) is 0 Å². The predicted molar refractivity (Wildman–Crippen MR) is 81.3 cm³/mol. The molecule has 1 fully saturated rings. The van der Waals surface area contributed by atoms with Gasteiger partial charge in [-0.1, -0.05) is 11.6 Å². The van der Waals surface area contributed by atoms with Crippen molar-refractivity contribution in [2.45, 2.75) is 51.2 Å². The maximum Gasteiger partial charge on any atom is 0.407 e. The molecule has 1 amide bonds. The van der Waals surface area contributed by atoms with E-state index in [0.717, 1.165) is 18.4 Å². The molecule has 0 aliphatic heterocycles. The maximum atomic E-state index is 11.7. The molecule has 1 aromatic carbocycles. The van der Waals surface area contributed by atoms with Crippen LogP contribution >= 0.6 is 11.6 Å². The second kappa shape index (κ2) is 5.95. The van der Waals surface area contributed by atoms with Gasteiger partial charge in [-0.25, -0.2) is 4.79 Å². The Labute approximate surface area is 130 Å². The average molecular weight is 307 g/mol. The fourth-order valence-corrected chi connectivity index (χ4v) is 2.62. The lowest BCUT2D eigenvalue weighted by Gasteiger charge is -2.37. The number of nitrogens with zero attached hydrogens (tertiary/aromatic N) is 1. The minimum Gasteiger partial charge on any atom is -0.444 e. The summed E-state index contributed by atoms with van der Waals surface area (Å²) in [4.78, 5) is 11.7. The van der Waals surface area contributed by atoms with Crippen LogP contribution in [0.3, 0.4) is 0 Å². The molecule has 0 aromatic heterocycles. The molecule has 1 aliphatic carbocycles. The molecule has 4 nitrogen and oxygen atoms in total. The number of nitrogens with one attached hydrogen (secondary N) is 1. The third-order valence-corrected chi connectivity index (χ3v) is 3.67. The summed E-state index contributed by atoms with van der Waals surface area (Å²) in [6.07, 6.45) is 1.21. The zero-order valence-corrected chi connectivity index (χ0v) is 13.2. The van der Waals surface area contributed by atoms with Gasteiger partial charge in [0.05, 0.1) is 11.6 Å². The van der Waals surface area contributed by atoms with E-state index in [-0.39, 0.29) is 12.0 Å². The Bertz CT molecular complexity index is 581. The van der Waals surface area contributed by atoms with Crippen molar-refractivity contribution in [1.82, 2.24) is 5.32 Å².